The number of piperazine rings is 1. The zero-order chi connectivity index (χ0) is 19.0. The molecule has 0 radical (unpaired) electrons. The Balaban J connectivity index is 1.55. The Bertz CT molecular complexity index is 968. The molecule has 2 aromatic heterocycles. The lowest BCUT2D eigenvalue weighted by Crippen LogP contribution is -2.49. The van der Waals surface area contributed by atoms with Gasteiger partial charge in [-0.1, -0.05) is 22.0 Å². The number of carboxylic acid groups (broad SMARTS) is 1. The molecule has 1 fully saturated rings. The van der Waals surface area contributed by atoms with Crippen molar-refractivity contribution in [3.63, 3.8) is 0 Å². The molecule has 0 amide bonds. The van der Waals surface area contributed by atoms with Crippen molar-refractivity contribution < 1.29 is 9.90 Å². The second kappa shape index (κ2) is 7.57. The molecule has 1 atom stereocenters. The lowest BCUT2D eigenvalue weighted by atomic mass is 10.0. The number of carboxylic acids is 1. The van der Waals surface area contributed by atoms with E-state index in [0.29, 0.717) is 32.1 Å². The number of H-pyrrole nitrogens is 1. The predicted molar refractivity (Wildman–Crippen MR) is 110 cm³/mol. The summed E-state index contributed by atoms with van der Waals surface area (Å²) < 4.78 is 1.79. The van der Waals surface area contributed by atoms with Gasteiger partial charge in [-0.15, -0.1) is 0 Å². The van der Waals surface area contributed by atoms with Gasteiger partial charge in [0, 0.05) is 65.7 Å². The molecule has 0 saturated carbocycles. The highest BCUT2D eigenvalue weighted by Gasteiger charge is 2.32. The van der Waals surface area contributed by atoms with E-state index in [2.05, 4.69) is 51.7 Å². The number of aliphatic carboxylic acids is 1. The number of rotatable bonds is 4. The van der Waals surface area contributed by atoms with E-state index in [0.717, 1.165) is 25.4 Å². The highest BCUT2D eigenvalue weighted by molar-refractivity contribution is 9.10. The van der Waals surface area contributed by atoms with Crippen molar-refractivity contribution in [2.45, 2.75) is 6.04 Å². The Morgan fingerprint density at radius 1 is 1.11 bits per heavy atom. The van der Waals surface area contributed by atoms with Gasteiger partial charge in [-0.25, -0.2) is 9.97 Å². The minimum Gasteiger partial charge on any atom is -0.480 e. The molecule has 0 unspecified atom stereocenters. The van der Waals surface area contributed by atoms with E-state index in [1.54, 1.807) is 18.6 Å². The highest BCUT2D eigenvalue weighted by Crippen LogP contribution is 2.31. The van der Waals surface area contributed by atoms with Crippen molar-refractivity contribution in [1.82, 2.24) is 19.9 Å². The third-order valence-corrected chi connectivity index (χ3v) is 5.68. The summed E-state index contributed by atoms with van der Waals surface area (Å²) in [6.07, 6.45) is 5.25. The van der Waals surface area contributed by atoms with Crippen LogP contribution in [0.15, 0.2) is 45.7 Å². The number of anilines is 1. The minimum atomic E-state index is -0.841. The molecule has 1 aliphatic rings. The third kappa shape index (κ3) is 3.71. The van der Waals surface area contributed by atoms with E-state index in [9.17, 15) is 9.90 Å². The Labute approximate surface area is 172 Å². The summed E-state index contributed by atoms with van der Waals surface area (Å²) in [5.74, 6) is -0.172. The molecule has 2 N–H and O–H groups in total. The Morgan fingerprint density at radius 3 is 2.48 bits per heavy atom. The van der Waals surface area contributed by atoms with Gasteiger partial charge in [0.1, 0.15) is 6.04 Å². The molecule has 3 heterocycles. The van der Waals surface area contributed by atoms with Crippen LogP contribution in [0, 0.1) is 0 Å². The maximum absolute atomic E-state index is 12.1. The summed E-state index contributed by atoms with van der Waals surface area (Å²) in [6, 6.07) is 5.16. The van der Waals surface area contributed by atoms with Crippen molar-refractivity contribution >= 4 is 54.7 Å². The van der Waals surface area contributed by atoms with Crippen LogP contribution in [0.4, 0.5) is 5.95 Å². The number of fused-ring (bicyclic) bond motifs is 1. The number of nitrogens with one attached hydrogen (secondary N) is 1. The van der Waals surface area contributed by atoms with Crippen molar-refractivity contribution in [1.29, 1.82) is 0 Å². The van der Waals surface area contributed by atoms with Crippen molar-refractivity contribution in [3.05, 3.63) is 51.3 Å². The summed E-state index contributed by atoms with van der Waals surface area (Å²) in [7, 11) is 0. The molecule has 27 heavy (non-hydrogen) atoms. The standard InChI is InChI=1S/C18H17Br2N5O2/c19-11-1-2-13-14(10-21-15(13)7-11)16(17(26)27)24-3-5-25(6-4-24)18-22-8-12(20)9-23-18/h1-2,7-10,16,21H,3-6H2,(H,26,27)/t16-/m1/s1. The molecule has 1 aromatic carbocycles. The first kappa shape index (κ1) is 18.4. The van der Waals surface area contributed by atoms with Crippen LogP contribution in [0.25, 0.3) is 10.9 Å². The van der Waals surface area contributed by atoms with Gasteiger partial charge in [-0.2, -0.15) is 0 Å². The fraction of sp³-hybridized carbons (Fsp3) is 0.278. The maximum atomic E-state index is 12.1. The largest absolute Gasteiger partial charge is 0.480 e. The minimum absolute atomic E-state index is 0.625. The van der Waals surface area contributed by atoms with E-state index < -0.39 is 12.0 Å². The molecule has 3 aromatic rings. The quantitative estimate of drug-likeness (QED) is 0.578. The van der Waals surface area contributed by atoms with E-state index in [1.807, 2.05) is 23.1 Å². The second-order valence-corrected chi connectivity index (χ2v) is 8.23. The van der Waals surface area contributed by atoms with Crippen molar-refractivity contribution in [3.8, 4) is 0 Å². The van der Waals surface area contributed by atoms with Gasteiger partial charge in [0.2, 0.25) is 5.95 Å². The maximum Gasteiger partial charge on any atom is 0.325 e. The van der Waals surface area contributed by atoms with Crippen LogP contribution in [0.3, 0.4) is 0 Å². The number of aromatic amines is 1. The number of halogens is 2. The molecule has 4 rings (SSSR count). The molecule has 9 heteroatoms. The topological polar surface area (TPSA) is 85.4 Å². The fourth-order valence-electron chi connectivity index (χ4n) is 3.48. The first-order valence-corrected chi connectivity index (χ1v) is 10.1. The van der Waals surface area contributed by atoms with Gasteiger partial charge in [0.15, 0.2) is 0 Å². The summed E-state index contributed by atoms with van der Waals surface area (Å²) in [6.45, 7) is 2.61. The number of hydrogen-bond acceptors (Lipinski definition) is 5. The smallest absolute Gasteiger partial charge is 0.325 e. The Kier molecular flexibility index (Phi) is 5.16. The van der Waals surface area contributed by atoms with Crippen LogP contribution in [-0.4, -0.2) is 57.1 Å². The number of benzene rings is 1. The third-order valence-electron chi connectivity index (χ3n) is 4.77. The SMILES string of the molecule is O=C(O)[C@@H](c1c[nH]c2cc(Br)ccc12)N1CCN(c2ncc(Br)cn2)CC1. The lowest BCUT2D eigenvalue weighted by molar-refractivity contribution is -0.143. The number of hydrogen-bond donors (Lipinski definition) is 2. The van der Waals surface area contributed by atoms with Crippen molar-refractivity contribution in [2.24, 2.45) is 0 Å². The van der Waals surface area contributed by atoms with Crippen LogP contribution in [0.1, 0.15) is 11.6 Å². The zero-order valence-electron chi connectivity index (χ0n) is 14.3. The van der Waals surface area contributed by atoms with Crippen LogP contribution < -0.4 is 4.90 Å². The fourth-order valence-corrected chi connectivity index (χ4v) is 4.05. The Hall–Kier alpha value is -1.97. The van der Waals surface area contributed by atoms with Crippen LogP contribution in [-0.2, 0) is 4.79 Å². The molecule has 1 aliphatic heterocycles. The van der Waals surface area contributed by atoms with Crippen LogP contribution in [0.2, 0.25) is 0 Å². The monoisotopic (exact) mass is 493 g/mol. The molecule has 0 bridgehead atoms. The number of carbonyl (C=O) groups is 1. The normalized spacial score (nSPS) is 16.6. The molecule has 140 valence electrons. The number of aromatic nitrogens is 3. The van der Waals surface area contributed by atoms with E-state index in [4.69, 9.17) is 0 Å². The average molecular weight is 495 g/mol. The van der Waals surface area contributed by atoms with E-state index >= 15 is 0 Å². The van der Waals surface area contributed by atoms with Crippen LogP contribution in [0.5, 0.6) is 0 Å². The van der Waals surface area contributed by atoms with Gasteiger partial charge >= 0.3 is 5.97 Å². The summed E-state index contributed by atoms with van der Waals surface area (Å²) in [4.78, 5) is 28.0. The van der Waals surface area contributed by atoms with Gasteiger partial charge in [-0.05, 0) is 28.1 Å². The molecule has 0 spiro atoms. The van der Waals surface area contributed by atoms with Gasteiger partial charge in [0.25, 0.3) is 0 Å². The molecule has 0 aliphatic carbocycles. The summed E-state index contributed by atoms with van der Waals surface area (Å²) in [5, 5.41) is 10.9. The van der Waals surface area contributed by atoms with Crippen molar-refractivity contribution in [2.75, 3.05) is 31.1 Å². The first-order valence-electron chi connectivity index (χ1n) is 8.49. The zero-order valence-corrected chi connectivity index (χ0v) is 17.4. The molecular weight excluding hydrogens is 478 g/mol. The second-order valence-electron chi connectivity index (χ2n) is 6.40. The van der Waals surface area contributed by atoms with E-state index in [-0.39, 0.29) is 0 Å². The van der Waals surface area contributed by atoms with E-state index in [1.165, 1.54) is 0 Å². The summed E-state index contributed by atoms with van der Waals surface area (Å²) >= 11 is 6.79. The predicted octanol–water partition coefficient (Wildman–Crippen LogP) is 3.43. The summed E-state index contributed by atoms with van der Waals surface area (Å²) in [5.41, 5.74) is 1.71. The molecule has 1 saturated heterocycles. The molecular formula is C18H17Br2N5O2. The Morgan fingerprint density at radius 2 is 1.81 bits per heavy atom. The van der Waals surface area contributed by atoms with Gasteiger partial charge in [0.05, 0.1) is 4.47 Å². The highest BCUT2D eigenvalue weighted by atomic mass is 79.9. The first-order chi connectivity index (χ1) is 13.0. The average Bonchev–Trinajstić information content (AvgIpc) is 3.05. The van der Waals surface area contributed by atoms with Gasteiger partial charge in [-0.3, -0.25) is 9.69 Å². The number of nitrogens with zero attached hydrogens (tertiary/aromatic N) is 4. The van der Waals surface area contributed by atoms with Gasteiger partial charge < -0.3 is 15.0 Å². The van der Waals surface area contributed by atoms with Crippen LogP contribution >= 0.6 is 31.9 Å². The molecule has 7 nitrogen and oxygen atoms in total. The lowest BCUT2D eigenvalue weighted by Gasteiger charge is -2.37.